The molecule has 0 aliphatic carbocycles. The normalized spacial score (nSPS) is 10.2. The minimum absolute atomic E-state index is 0.110. The Morgan fingerprint density at radius 2 is 1.47 bits per heavy atom. The van der Waals surface area contributed by atoms with Crippen molar-refractivity contribution in [1.82, 2.24) is 10.9 Å². The quantitative estimate of drug-likeness (QED) is 0.474. The second-order valence-corrected chi connectivity index (χ2v) is 7.00. The number of hydrogen-bond donors (Lipinski definition) is 3. The van der Waals surface area contributed by atoms with Gasteiger partial charge in [0.15, 0.2) is 0 Å². The van der Waals surface area contributed by atoms with Gasteiger partial charge in [0.05, 0.1) is 6.61 Å². The zero-order chi connectivity index (χ0) is 22.8. The first kappa shape index (κ1) is 22.6. The van der Waals surface area contributed by atoms with E-state index < -0.39 is 11.8 Å². The molecule has 3 aromatic carbocycles. The van der Waals surface area contributed by atoms with Gasteiger partial charge in [0.2, 0.25) is 5.91 Å². The molecule has 3 rings (SSSR count). The standard InChI is InChI=1S/C25H25N3O4/c1-2-23(29)26-21-13-11-19(12-14-21)24(30)27-28-25(31)20-9-6-10-22(17-20)32-16-15-18-7-4-3-5-8-18/h3-14,17H,2,15-16H2,1H3,(H,26,29)(H,27,30)(H,28,31). The van der Waals surface area contributed by atoms with Crippen molar-refractivity contribution in [3.63, 3.8) is 0 Å². The van der Waals surface area contributed by atoms with Crippen molar-refractivity contribution >= 4 is 23.4 Å². The molecule has 3 aromatic rings. The Kier molecular flexibility index (Phi) is 7.97. The molecule has 164 valence electrons. The molecule has 0 spiro atoms. The third-order valence-electron chi connectivity index (χ3n) is 4.64. The highest BCUT2D eigenvalue weighted by Crippen LogP contribution is 2.14. The van der Waals surface area contributed by atoms with Crippen LogP contribution in [0.3, 0.4) is 0 Å². The monoisotopic (exact) mass is 431 g/mol. The molecule has 0 radical (unpaired) electrons. The van der Waals surface area contributed by atoms with Gasteiger partial charge in [0.1, 0.15) is 5.75 Å². The number of hydrazine groups is 1. The molecular weight excluding hydrogens is 406 g/mol. The Morgan fingerprint density at radius 3 is 2.16 bits per heavy atom. The Balaban J connectivity index is 1.49. The summed E-state index contributed by atoms with van der Waals surface area (Å²) in [5.74, 6) is -0.467. The molecule has 3 amide bonds. The first-order chi connectivity index (χ1) is 15.5. The number of ether oxygens (including phenoxy) is 1. The Labute approximate surface area is 186 Å². The lowest BCUT2D eigenvalue weighted by Gasteiger charge is -2.10. The second kappa shape index (κ2) is 11.3. The molecule has 3 N–H and O–H groups in total. The van der Waals surface area contributed by atoms with Gasteiger partial charge in [-0.3, -0.25) is 25.2 Å². The number of benzene rings is 3. The van der Waals surface area contributed by atoms with Gasteiger partial charge in [0.25, 0.3) is 11.8 Å². The second-order valence-electron chi connectivity index (χ2n) is 7.00. The van der Waals surface area contributed by atoms with Gasteiger partial charge in [0, 0.05) is 29.7 Å². The summed E-state index contributed by atoms with van der Waals surface area (Å²) in [6, 6.07) is 23.1. The Hall–Kier alpha value is -4.13. The summed E-state index contributed by atoms with van der Waals surface area (Å²) < 4.78 is 5.75. The molecule has 0 fully saturated rings. The van der Waals surface area contributed by atoms with Crippen LogP contribution in [-0.4, -0.2) is 24.3 Å². The summed E-state index contributed by atoms with van der Waals surface area (Å²) in [5.41, 5.74) is 7.26. The van der Waals surface area contributed by atoms with Crippen LogP contribution >= 0.6 is 0 Å². The average Bonchev–Trinajstić information content (AvgIpc) is 2.83. The van der Waals surface area contributed by atoms with Crippen molar-refractivity contribution in [1.29, 1.82) is 0 Å². The van der Waals surface area contributed by atoms with Crippen LogP contribution in [0.25, 0.3) is 0 Å². The highest BCUT2D eigenvalue weighted by atomic mass is 16.5. The highest BCUT2D eigenvalue weighted by Gasteiger charge is 2.10. The number of nitrogens with one attached hydrogen (secondary N) is 3. The first-order valence-electron chi connectivity index (χ1n) is 10.3. The molecule has 7 heteroatoms. The molecule has 0 saturated carbocycles. The van der Waals surface area contributed by atoms with Gasteiger partial charge in [-0.15, -0.1) is 0 Å². The average molecular weight is 431 g/mol. The van der Waals surface area contributed by atoms with Crippen LogP contribution in [0.1, 0.15) is 39.6 Å². The van der Waals surface area contributed by atoms with E-state index in [4.69, 9.17) is 4.74 Å². The summed E-state index contributed by atoms with van der Waals surface area (Å²) >= 11 is 0. The fourth-order valence-electron chi connectivity index (χ4n) is 2.87. The maximum absolute atomic E-state index is 12.4. The number of anilines is 1. The Bertz CT molecular complexity index is 1070. The van der Waals surface area contributed by atoms with Crippen LogP contribution in [0.2, 0.25) is 0 Å². The first-order valence-corrected chi connectivity index (χ1v) is 10.3. The minimum Gasteiger partial charge on any atom is -0.493 e. The largest absolute Gasteiger partial charge is 0.493 e. The van der Waals surface area contributed by atoms with E-state index in [1.54, 1.807) is 55.5 Å². The maximum Gasteiger partial charge on any atom is 0.269 e. The highest BCUT2D eigenvalue weighted by molar-refractivity contribution is 5.99. The zero-order valence-electron chi connectivity index (χ0n) is 17.8. The summed E-state index contributed by atoms with van der Waals surface area (Å²) in [7, 11) is 0. The lowest BCUT2D eigenvalue weighted by molar-refractivity contribution is -0.115. The summed E-state index contributed by atoms with van der Waals surface area (Å²) in [6.45, 7) is 2.24. The molecule has 0 bridgehead atoms. The fourth-order valence-corrected chi connectivity index (χ4v) is 2.87. The number of hydrogen-bond acceptors (Lipinski definition) is 4. The van der Waals surface area contributed by atoms with Gasteiger partial charge in [-0.25, -0.2) is 0 Å². The zero-order valence-corrected chi connectivity index (χ0v) is 17.8. The van der Waals surface area contributed by atoms with E-state index >= 15 is 0 Å². The van der Waals surface area contributed by atoms with E-state index in [1.807, 2.05) is 30.3 Å². The lowest BCUT2D eigenvalue weighted by atomic mass is 10.2. The molecule has 0 heterocycles. The molecule has 0 saturated heterocycles. The van der Waals surface area contributed by atoms with Gasteiger partial charge >= 0.3 is 0 Å². The topological polar surface area (TPSA) is 96.5 Å². The van der Waals surface area contributed by atoms with E-state index in [-0.39, 0.29) is 5.91 Å². The summed E-state index contributed by atoms with van der Waals surface area (Å²) in [4.78, 5) is 36.1. The summed E-state index contributed by atoms with van der Waals surface area (Å²) in [6.07, 6.45) is 1.13. The van der Waals surface area contributed by atoms with Crippen molar-refractivity contribution in [3.05, 3.63) is 95.6 Å². The number of rotatable bonds is 8. The molecule has 7 nitrogen and oxygen atoms in total. The van der Waals surface area contributed by atoms with Crippen molar-refractivity contribution in [2.75, 3.05) is 11.9 Å². The molecule has 0 atom stereocenters. The Morgan fingerprint density at radius 1 is 0.781 bits per heavy atom. The van der Waals surface area contributed by atoms with Crippen LogP contribution in [-0.2, 0) is 11.2 Å². The third-order valence-corrected chi connectivity index (χ3v) is 4.64. The van der Waals surface area contributed by atoms with Gasteiger partial charge < -0.3 is 10.1 Å². The number of carbonyl (C=O) groups excluding carboxylic acids is 3. The molecule has 0 aliphatic rings. The molecule has 0 aromatic heterocycles. The van der Waals surface area contributed by atoms with Crippen LogP contribution in [0, 0.1) is 0 Å². The van der Waals surface area contributed by atoms with Crippen molar-refractivity contribution in [2.45, 2.75) is 19.8 Å². The smallest absolute Gasteiger partial charge is 0.269 e. The maximum atomic E-state index is 12.4. The summed E-state index contributed by atoms with van der Waals surface area (Å²) in [5, 5.41) is 2.71. The van der Waals surface area contributed by atoms with Crippen molar-refractivity contribution in [2.24, 2.45) is 0 Å². The van der Waals surface area contributed by atoms with E-state index in [9.17, 15) is 14.4 Å². The number of carbonyl (C=O) groups is 3. The van der Waals surface area contributed by atoms with Crippen molar-refractivity contribution in [3.8, 4) is 5.75 Å². The predicted octanol–water partition coefficient (Wildman–Crippen LogP) is 3.73. The predicted molar refractivity (Wildman–Crippen MR) is 122 cm³/mol. The van der Waals surface area contributed by atoms with Crippen LogP contribution in [0.4, 0.5) is 5.69 Å². The van der Waals surface area contributed by atoms with E-state index in [0.717, 1.165) is 6.42 Å². The van der Waals surface area contributed by atoms with E-state index in [2.05, 4.69) is 16.2 Å². The van der Waals surface area contributed by atoms with Crippen LogP contribution in [0.15, 0.2) is 78.9 Å². The number of amides is 3. The minimum atomic E-state index is -0.470. The molecule has 0 aliphatic heterocycles. The molecular formula is C25H25N3O4. The third kappa shape index (κ3) is 6.70. The SMILES string of the molecule is CCC(=O)Nc1ccc(C(=O)NNC(=O)c2cccc(OCCc3ccccc3)c2)cc1. The van der Waals surface area contributed by atoms with Gasteiger partial charge in [-0.1, -0.05) is 43.3 Å². The van der Waals surface area contributed by atoms with E-state index in [0.29, 0.717) is 35.6 Å². The van der Waals surface area contributed by atoms with Gasteiger partial charge in [-0.2, -0.15) is 0 Å². The molecule has 0 unspecified atom stereocenters. The van der Waals surface area contributed by atoms with E-state index in [1.165, 1.54) is 5.56 Å². The van der Waals surface area contributed by atoms with Crippen molar-refractivity contribution < 1.29 is 19.1 Å². The fraction of sp³-hybridized carbons (Fsp3) is 0.160. The van der Waals surface area contributed by atoms with Gasteiger partial charge in [-0.05, 0) is 48.0 Å². The van der Waals surface area contributed by atoms with Crippen LogP contribution < -0.4 is 20.9 Å². The molecule has 32 heavy (non-hydrogen) atoms. The van der Waals surface area contributed by atoms with Crippen LogP contribution in [0.5, 0.6) is 5.75 Å². The lowest BCUT2D eigenvalue weighted by Crippen LogP contribution is -2.41.